The second-order valence-electron chi connectivity index (χ2n) is 10.1. The number of methoxy groups -OCH3 is 1. The minimum Gasteiger partial charge on any atom is -0.494 e. The fourth-order valence-corrected chi connectivity index (χ4v) is 5.95. The number of hydrogen-bond acceptors (Lipinski definition) is 7. The van der Waals surface area contributed by atoms with E-state index in [9.17, 15) is 23.6 Å². The molecule has 4 amide bonds. The summed E-state index contributed by atoms with van der Waals surface area (Å²) in [5.41, 5.74) is 1.49. The van der Waals surface area contributed by atoms with Crippen molar-refractivity contribution in [2.24, 2.45) is 0 Å². The van der Waals surface area contributed by atoms with Gasteiger partial charge in [-0.1, -0.05) is 12.1 Å². The molecule has 1 fully saturated rings. The first-order valence-corrected chi connectivity index (χ1v) is 12.6. The molecule has 0 unspecified atom stereocenters. The maximum Gasteiger partial charge on any atom is 0.322 e. The Morgan fingerprint density at radius 3 is 2.65 bits per heavy atom. The molecule has 0 spiro atoms. The number of urea groups is 1. The third-order valence-corrected chi connectivity index (χ3v) is 7.80. The van der Waals surface area contributed by atoms with Crippen molar-refractivity contribution in [3.05, 3.63) is 82.6 Å². The zero-order valence-corrected chi connectivity index (χ0v) is 21.2. The molecule has 4 aromatic rings. The highest BCUT2D eigenvalue weighted by Crippen LogP contribution is 2.43. The van der Waals surface area contributed by atoms with Crippen LogP contribution >= 0.6 is 0 Å². The highest BCUT2D eigenvalue weighted by atomic mass is 19.1. The number of benzene rings is 2. The number of ketones is 1. The molecule has 1 atom stereocenters. The number of carbonyl (C=O) groups is 4. The number of aryl methyl sites for hydroxylation is 1. The first-order valence-electron chi connectivity index (χ1n) is 12.6. The summed E-state index contributed by atoms with van der Waals surface area (Å²) < 4.78 is 26.3. The molecule has 4 heterocycles. The van der Waals surface area contributed by atoms with Gasteiger partial charge in [-0.2, -0.15) is 0 Å². The molecule has 2 aliphatic heterocycles. The van der Waals surface area contributed by atoms with Crippen LogP contribution in [0.2, 0.25) is 0 Å². The number of pyridine rings is 1. The number of aromatic nitrogens is 1. The summed E-state index contributed by atoms with van der Waals surface area (Å²) in [6.07, 6.45) is 4.20. The van der Waals surface area contributed by atoms with Crippen LogP contribution in [0, 0.1) is 5.82 Å². The van der Waals surface area contributed by atoms with Crippen molar-refractivity contribution in [2.75, 3.05) is 13.7 Å². The lowest BCUT2D eigenvalue weighted by atomic mass is 9.93. The average Bonchev–Trinajstić information content (AvgIpc) is 3.69. The van der Waals surface area contributed by atoms with E-state index in [1.54, 1.807) is 30.6 Å². The number of carbonyl (C=O) groups excluding carboxylic acids is 4. The molecule has 200 valence electrons. The number of furan rings is 1. The average molecular weight is 541 g/mol. The molecule has 2 aromatic carbocycles. The van der Waals surface area contributed by atoms with E-state index in [0.29, 0.717) is 46.1 Å². The Kier molecular flexibility index (Phi) is 5.08. The largest absolute Gasteiger partial charge is 0.494 e. The lowest BCUT2D eigenvalue weighted by Gasteiger charge is -2.29. The number of fused-ring (bicyclic) bond motifs is 3. The van der Waals surface area contributed by atoms with E-state index in [1.165, 1.54) is 18.1 Å². The number of Topliss-reactive ketones (excluding diaryl/α,β-unsaturated/α-hetero) is 1. The summed E-state index contributed by atoms with van der Waals surface area (Å²) in [5, 5.41) is 5.52. The molecule has 0 saturated carbocycles. The molecule has 0 radical (unpaired) electrons. The van der Waals surface area contributed by atoms with Crippen LogP contribution in [0.3, 0.4) is 0 Å². The van der Waals surface area contributed by atoms with Gasteiger partial charge < -0.3 is 19.4 Å². The molecular formula is C29H21FN4O6. The second kappa shape index (κ2) is 8.47. The summed E-state index contributed by atoms with van der Waals surface area (Å²) in [6.45, 7) is -0.301. The maximum atomic E-state index is 15.0. The maximum absolute atomic E-state index is 15.0. The number of imide groups is 1. The summed E-state index contributed by atoms with van der Waals surface area (Å²) in [6, 6.07) is 9.33. The highest BCUT2D eigenvalue weighted by molar-refractivity contribution is 6.13. The van der Waals surface area contributed by atoms with Gasteiger partial charge in [-0.3, -0.25) is 24.7 Å². The Labute approximate surface area is 226 Å². The van der Waals surface area contributed by atoms with Gasteiger partial charge in [0.1, 0.15) is 11.3 Å². The van der Waals surface area contributed by atoms with Gasteiger partial charge >= 0.3 is 6.03 Å². The number of ether oxygens (including phenoxy) is 1. The predicted octanol–water partition coefficient (Wildman–Crippen LogP) is 3.46. The van der Waals surface area contributed by atoms with E-state index in [4.69, 9.17) is 9.15 Å². The Hall–Kier alpha value is -5.06. The molecule has 2 aromatic heterocycles. The van der Waals surface area contributed by atoms with Crippen molar-refractivity contribution in [1.82, 2.24) is 20.5 Å². The lowest BCUT2D eigenvalue weighted by Crippen LogP contribution is -2.52. The van der Waals surface area contributed by atoms with Crippen molar-refractivity contribution < 1.29 is 32.7 Å². The quantitative estimate of drug-likeness (QED) is 0.371. The van der Waals surface area contributed by atoms with Crippen molar-refractivity contribution in [3.8, 4) is 16.9 Å². The number of nitrogens with zero attached hydrogens (tertiary/aromatic N) is 2. The zero-order chi connectivity index (χ0) is 27.8. The zero-order valence-electron chi connectivity index (χ0n) is 21.2. The van der Waals surface area contributed by atoms with E-state index in [1.807, 2.05) is 12.1 Å². The van der Waals surface area contributed by atoms with Crippen molar-refractivity contribution in [2.45, 2.75) is 24.9 Å². The summed E-state index contributed by atoms with van der Waals surface area (Å²) in [5.74, 6) is -2.16. The SMILES string of the molecule is COc1ccc2c(c1F)C(=O)N(C[C@]1(c3cc4cc5c(c(-c6cccnc6)c4o3)C(=O)CC5)NC(=O)NC1=O)C2. The van der Waals surface area contributed by atoms with E-state index in [0.717, 1.165) is 5.56 Å². The number of rotatable bonds is 5. The molecule has 40 heavy (non-hydrogen) atoms. The van der Waals surface area contributed by atoms with Crippen molar-refractivity contribution in [3.63, 3.8) is 0 Å². The number of halogens is 1. The minimum absolute atomic E-state index is 0.0178. The van der Waals surface area contributed by atoms with Gasteiger partial charge in [0.15, 0.2) is 22.9 Å². The number of hydrogen-bond donors (Lipinski definition) is 2. The van der Waals surface area contributed by atoms with Gasteiger partial charge in [0.2, 0.25) is 0 Å². The molecule has 7 rings (SSSR count). The lowest BCUT2D eigenvalue weighted by molar-refractivity contribution is -0.125. The van der Waals surface area contributed by atoms with Gasteiger partial charge in [0.05, 0.1) is 19.2 Å². The second-order valence-corrected chi connectivity index (χ2v) is 10.1. The Balaban J connectivity index is 1.37. The van der Waals surface area contributed by atoms with Crippen molar-refractivity contribution in [1.29, 1.82) is 0 Å². The van der Waals surface area contributed by atoms with Gasteiger partial charge in [0.25, 0.3) is 11.8 Å². The van der Waals surface area contributed by atoms with Crippen LogP contribution in [0.15, 0.2) is 53.2 Å². The molecule has 0 bridgehead atoms. The van der Waals surface area contributed by atoms with E-state index in [-0.39, 0.29) is 35.9 Å². The van der Waals surface area contributed by atoms with E-state index in [2.05, 4.69) is 15.6 Å². The van der Waals surface area contributed by atoms with Crippen LogP contribution in [-0.2, 0) is 23.3 Å². The highest BCUT2D eigenvalue weighted by Gasteiger charge is 2.53. The molecule has 2 N–H and O–H groups in total. The molecule has 3 aliphatic rings. The van der Waals surface area contributed by atoms with Crippen LogP contribution in [-0.4, -0.2) is 47.2 Å². The Morgan fingerprint density at radius 1 is 1.07 bits per heavy atom. The van der Waals surface area contributed by atoms with Crippen molar-refractivity contribution >= 4 is 34.6 Å². The van der Waals surface area contributed by atoms with E-state index >= 15 is 0 Å². The monoisotopic (exact) mass is 540 g/mol. The van der Waals surface area contributed by atoms with Crippen LogP contribution in [0.1, 0.15) is 44.0 Å². The van der Waals surface area contributed by atoms with Gasteiger partial charge in [-0.05, 0) is 41.8 Å². The minimum atomic E-state index is -1.80. The van der Waals surface area contributed by atoms with Gasteiger partial charge in [0, 0.05) is 47.4 Å². The van der Waals surface area contributed by atoms with Gasteiger partial charge in [-0.15, -0.1) is 0 Å². The standard InChI is InChI=1S/C29H21FN4O6/c1-39-19-7-5-16-12-34(26(36)23(16)24(19)30)13-29(27(37)32-28(38)33-29)20-10-17-9-14-4-6-18(35)21(14)22(25(17)40-20)15-3-2-8-31-11-15/h2-3,5,7-11H,4,6,12-13H2,1H3,(H2,32,33,37,38)/t29-/m1/s1. The third kappa shape index (κ3) is 3.30. The van der Waals surface area contributed by atoms with Crippen LogP contribution in [0.4, 0.5) is 9.18 Å². The summed E-state index contributed by atoms with van der Waals surface area (Å²) in [4.78, 5) is 57.5. The smallest absolute Gasteiger partial charge is 0.322 e. The normalized spacial score (nSPS) is 19.7. The number of nitrogens with one attached hydrogen (secondary N) is 2. The molecule has 1 aliphatic carbocycles. The summed E-state index contributed by atoms with van der Waals surface area (Å²) >= 11 is 0. The molecule has 1 saturated heterocycles. The first-order chi connectivity index (χ1) is 19.3. The summed E-state index contributed by atoms with van der Waals surface area (Å²) in [7, 11) is 1.31. The molecule has 10 nitrogen and oxygen atoms in total. The topological polar surface area (TPSA) is 131 Å². The van der Waals surface area contributed by atoms with Crippen LogP contribution in [0.5, 0.6) is 5.75 Å². The predicted molar refractivity (Wildman–Crippen MR) is 138 cm³/mol. The van der Waals surface area contributed by atoms with Crippen LogP contribution < -0.4 is 15.4 Å². The Morgan fingerprint density at radius 2 is 1.93 bits per heavy atom. The van der Waals surface area contributed by atoms with Gasteiger partial charge in [-0.25, -0.2) is 9.18 Å². The molecule has 11 heteroatoms. The van der Waals surface area contributed by atoms with Crippen LogP contribution in [0.25, 0.3) is 22.1 Å². The molecular weight excluding hydrogens is 519 g/mol. The third-order valence-electron chi connectivity index (χ3n) is 7.80. The fraction of sp³-hybridized carbons (Fsp3) is 0.207. The number of amides is 4. The first kappa shape index (κ1) is 24.0. The van der Waals surface area contributed by atoms with E-state index < -0.39 is 29.2 Å². The fourth-order valence-electron chi connectivity index (χ4n) is 5.95. The Bertz CT molecular complexity index is 1800.